The molecule has 1 aliphatic heterocycles. The Kier molecular flexibility index (Phi) is 7.60. The second-order valence-corrected chi connectivity index (χ2v) is 8.79. The first-order chi connectivity index (χ1) is 8.52. The maximum absolute atomic E-state index is 11.4. The predicted molar refractivity (Wildman–Crippen MR) is 87.6 cm³/mol. The lowest BCUT2D eigenvalue weighted by atomic mass is 10.4. The van der Waals surface area contributed by atoms with Crippen LogP contribution in [-0.2, 0) is 9.59 Å². The van der Waals surface area contributed by atoms with E-state index in [1.807, 2.05) is 23.5 Å². The second kappa shape index (κ2) is 8.40. The molecule has 0 radical (unpaired) electrons. The zero-order valence-electron chi connectivity index (χ0n) is 10.2. The van der Waals surface area contributed by atoms with Crippen molar-refractivity contribution in [3.63, 3.8) is 0 Å². The van der Waals surface area contributed by atoms with Crippen LogP contribution in [0.2, 0.25) is 0 Å². The van der Waals surface area contributed by atoms with Gasteiger partial charge in [-0.15, -0.1) is 23.5 Å². The van der Waals surface area contributed by atoms with Gasteiger partial charge < -0.3 is 0 Å². The second-order valence-electron chi connectivity index (χ2n) is 3.73. The smallest absolute Gasteiger partial charge is 0.214 e. The van der Waals surface area contributed by atoms with Gasteiger partial charge in [-0.1, -0.05) is 36.7 Å². The van der Waals surface area contributed by atoms with E-state index in [1.165, 1.54) is 29.6 Å². The van der Waals surface area contributed by atoms with E-state index in [0.29, 0.717) is 15.4 Å². The molecule has 0 spiro atoms. The van der Waals surface area contributed by atoms with Gasteiger partial charge in [0, 0.05) is 22.5 Å². The molecule has 0 aromatic carbocycles. The normalized spacial score (nSPS) is 22.7. The molecule has 0 bridgehead atoms. The summed E-state index contributed by atoms with van der Waals surface area (Å²) in [6, 6.07) is 0. The van der Waals surface area contributed by atoms with Gasteiger partial charge in [-0.05, 0) is 18.6 Å². The first kappa shape index (κ1) is 16.3. The van der Waals surface area contributed by atoms with Crippen LogP contribution in [0, 0.1) is 0 Å². The third-order valence-corrected chi connectivity index (χ3v) is 8.13. The van der Waals surface area contributed by atoms with Crippen molar-refractivity contribution in [3.8, 4) is 0 Å². The van der Waals surface area contributed by atoms with Gasteiger partial charge in [0.1, 0.15) is 0 Å². The first-order valence-corrected chi connectivity index (χ1v) is 9.38. The van der Waals surface area contributed by atoms with Crippen LogP contribution in [0.25, 0.3) is 0 Å². The Bertz CT molecular complexity index is 354. The minimum absolute atomic E-state index is 0.0379. The lowest BCUT2D eigenvalue weighted by Gasteiger charge is -2.08. The summed E-state index contributed by atoms with van der Waals surface area (Å²) in [6.07, 6.45) is 1.36. The molecule has 1 fully saturated rings. The summed E-state index contributed by atoms with van der Waals surface area (Å²) in [5.74, 6) is 2.70. The van der Waals surface area contributed by atoms with Gasteiger partial charge in [-0.2, -0.15) is 0 Å². The van der Waals surface area contributed by atoms with Gasteiger partial charge in [0.25, 0.3) is 0 Å². The molecule has 1 aliphatic rings. The van der Waals surface area contributed by atoms with E-state index in [0.717, 1.165) is 17.3 Å². The SMILES string of the molecule is C=CC(=O)SCC1CSC(CSC(=O)C(=C)C)S1. The summed E-state index contributed by atoms with van der Waals surface area (Å²) in [4.78, 5) is 22.5. The molecular weight excluding hydrogens is 304 g/mol. The Balaban J connectivity index is 2.21. The Morgan fingerprint density at radius 1 is 1.39 bits per heavy atom. The number of hydrogen-bond acceptors (Lipinski definition) is 6. The third kappa shape index (κ3) is 5.91. The van der Waals surface area contributed by atoms with Gasteiger partial charge in [0.2, 0.25) is 10.2 Å². The molecular formula is C12H16O2S4. The average molecular weight is 321 g/mol. The summed E-state index contributed by atoms with van der Waals surface area (Å²) < 4.78 is 0.447. The zero-order chi connectivity index (χ0) is 13.5. The quantitative estimate of drug-likeness (QED) is 0.697. The zero-order valence-corrected chi connectivity index (χ0v) is 13.5. The molecule has 2 nitrogen and oxygen atoms in total. The Morgan fingerprint density at radius 3 is 2.72 bits per heavy atom. The van der Waals surface area contributed by atoms with Crippen LogP contribution < -0.4 is 0 Å². The van der Waals surface area contributed by atoms with Gasteiger partial charge in [0.05, 0.1) is 4.58 Å². The minimum atomic E-state index is 0.0379. The van der Waals surface area contributed by atoms with E-state index in [-0.39, 0.29) is 10.2 Å². The minimum Gasteiger partial charge on any atom is -0.282 e. The molecule has 1 heterocycles. The number of thioether (sulfide) groups is 4. The monoisotopic (exact) mass is 320 g/mol. The van der Waals surface area contributed by atoms with Gasteiger partial charge in [-0.3, -0.25) is 9.59 Å². The molecule has 0 aromatic heterocycles. The van der Waals surface area contributed by atoms with Crippen LogP contribution in [0.5, 0.6) is 0 Å². The Hall–Kier alpha value is 0.220. The third-order valence-electron chi connectivity index (χ3n) is 2.09. The molecule has 100 valence electrons. The summed E-state index contributed by atoms with van der Waals surface area (Å²) >= 11 is 6.41. The largest absolute Gasteiger partial charge is 0.282 e. The summed E-state index contributed by atoms with van der Waals surface area (Å²) in [6.45, 7) is 8.83. The van der Waals surface area contributed by atoms with Gasteiger partial charge in [-0.25, -0.2) is 0 Å². The molecule has 0 N–H and O–H groups in total. The summed E-state index contributed by atoms with van der Waals surface area (Å²) in [7, 11) is 0. The van der Waals surface area contributed by atoms with Gasteiger partial charge >= 0.3 is 0 Å². The van der Waals surface area contributed by atoms with E-state index in [2.05, 4.69) is 13.2 Å². The van der Waals surface area contributed by atoms with Crippen LogP contribution in [0.15, 0.2) is 24.8 Å². The van der Waals surface area contributed by atoms with E-state index >= 15 is 0 Å². The van der Waals surface area contributed by atoms with Crippen molar-refractivity contribution in [3.05, 3.63) is 24.8 Å². The Morgan fingerprint density at radius 2 is 2.11 bits per heavy atom. The molecule has 0 aliphatic carbocycles. The van der Waals surface area contributed by atoms with E-state index in [4.69, 9.17) is 0 Å². The van der Waals surface area contributed by atoms with Crippen LogP contribution >= 0.6 is 47.0 Å². The summed E-state index contributed by atoms with van der Waals surface area (Å²) in [5, 5.41) is 0.612. The van der Waals surface area contributed by atoms with Crippen molar-refractivity contribution in [1.29, 1.82) is 0 Å². The molecule has 18 heavy (non-hydrogen) atoms. The highest BCUT2D eigenvalue weighted by Crippen LogP contribution is 2.41. The maximum Gasteiger partial charge on any atom is 0.214 e. The number of rotatable bonds is 6. The van der Waals surface area contributed by atoms with Crippen molar-refractivity contribution in [2.75, 3.05) is 17.3 Å². The molecule has 2 unspecified atom stereocenters. The number of carbonyl (C=O) groups excluding carboxylic acids is 2. The fourth-order valence-electron chi connectivity index (χ4n) is 1.18. The van der Waals surface area contributed by atoms with Crippen molar-refractivity contribution < 1.29 is 9.59 Å². The lowest BCUT2D eigenvalue weighted by Crippen LogP contribution is -2.07. The molecule has 0 amide bonds. The van der Waals surface area contributed by atoms with E-state index in [1.54, 1.807) is 6.92 Å². The highest BCUT2D eigenvalue weighted by molar-refractivity contribution is 8.23. The van der Waals surface area contributed by atoms with Crippen LogP contribution in [0.4, 0.5) is 0 Å². The van der Waals surface area contributed by atoms with Crippen LogP contribution in [0.1, 0.15) is 6.92 Å². The first-order valence-electron chi connectivity index (χ1n) is 5.41. The van der Waals surface area contributed by atoms with Crippen molar-refractivity contribution in [1.82, 2.24) is 0 Å². The van der Waals surface area contributed by atoms with Crippen molar-refractivity contribution in [2.45, 2.75) is 16.8 Å². The predicted octanol–water partition coefficient (Wildman–Crippen LogP) is 3.44. The fourth-order valence-corrected chi connectivity index (χ4v) is 6.63. The molecule has 1 saturated heterocycles. The number of hydrogen-bond donors (Lipinski definition) is 0. The Labute approximate surface area is 125 Å². The average Bonchev–Trinajstić information content (AvgIpc) is 2.80. The topological polar surface area (TPSA) is 34.1 Å². The maximum atomic E-state index is 11.4. The highest BCUT2D eigenvalue weighted by Gasteiger charge is 2.27. The van der Waals surface area contributed by atoms with Gasteiger partial charge in [0.15, 0.2) is 0 Å². The van der Waals surface area contributed by atoms with Crippen molar-refractivity contribution >= 4 is 57.3 Å². The van der Waals surface area contributed by atoms with E-state index in [9.17, 15) is 9.59 Å². The number of carbonyl (C=O) groups is 2. The molecule has 2 atom stereocenters. The molecule has 0 saturated carbocycles. The lowest BCUT2D eigenvalue weighted by molar-refractivity contribution is -0.108. The molecule has 0 aromatic rings. The van der Waals surface area contributed by atoms with E-state index < -0.39 is 0 Å². The van der Waals surface area contributed by atoms with Crippen molar-refractivity contribution in [2.24, 2.45) is 0 Å². The highest BCUT2D eigenvalue weighted by atomic mass is 32.2. The summed E-state index contributed by atoms with van der Waals surface area (Å²) in [5.41, 5.74) is 0.608. The standard InChI is InChI=1S/C12H16O2S4/c1-4-10(13)15-5-9-6-16-11(18-9)7-17-12(14)8(2)3/h4,9,11H,1-2,5-7H2,3H3. The fraction of sp³-hybridized carbons (Fsp3) is 0.500. The molecule has 6 heteroatoms. The van der Waals surface area contributed by atoms with Crippen LogP contribution in [0.3, 0.4) is 0 Å². The van der Waals surface area contributed by atoms with Crippen LogP contribution in [-0.4, -0.2) is 37.3 Å². The molecule has 1 rings (SSSR count).